The largest absolute Gasteiger partial charge is 0.417 e. The molecule has 5 nitrogen and oxygen atoms in total. The average Bonchev–Trinajstić information content (AvgIpc) is 3.50. The maximum Gasteiger partial charge on any atom is 0.417 e. The van der Waals surface area contributed by atoms with E-state index in [9.17, 15) is 34.8 Å². The van der Waals surface area contributed by atoms with Gasteiger partial charge in [-0.05, 0) is 55.5 Å². The van der Waals surface area contributed by atoms with Crippen LogP contribution in [0.25, 0.3) is 22.3 Å². The number of sulfonamides is 1. The van der Waals surface area contributed by atoms with Gasteiger partial charge in [-0.2, -0.15) is 31.1 Å². The summed E-state index contributed by atoms with van der Waals surface area (Å²) in [6.45, 7) is 0. The van der Waals surface area contributed by atoms with Gasteiger partial charge in [0.05, 0.1) is 16.2 Å². The molecule has 1 N–H and O–H groups in total. The van der Waals surface area contributed by atoms with Crippen LogP contribution in [0.4, 0.5) is 26.3 Å². The van der Waals surface area contributed by atoms with Gasteiger partial charge >= 0.3 is 12.4 Å². The summed E-state index contributed by atoms with van der Waals surface area (Å²) in [6, 6.07) is 7.99. The van der Waals surface area contributed by atoms with Crippen molar-refractivity contribution in [3.63, 3.8) is 0 Å². The molecule has 2 aliphatic carbocycles. The molecule has 0 radical (unpaired) electrons. The molecule has 1 aromatic carbocycles. The maximum atomic E-state index is 13.3. The quantitative estimate of drug-likeness (QED) is 0.378. The Labute approximate surface area is 203 Å². The van der Waals surface area contributed by atoms with Crippen molar-refractivity contribution in [1.82, 2.24) is 14.3 Å². The lowest BCUT2D eigenvalue weighted by Crippen LogP contribution is -2.47. The predicted octanol–water partition coefficient (Wildman–Crippen LogP) is 6.60. The highest BCUT2D eigenvalue weighted by atomic mass is 32.2. The molecule has 12 heteroatoms. The molecule has 2 aliphatic rings. The molecule has 2 fully saturated rings. The Hall–Kier alpha value is -2.60. The second-order valence-corrected chi connectivity index (χ2v) is 11.2. The molecule has 0 bridgehead atoms. The summed E-state index contributed by atoms with van der Waals surface area (Å²) >= 11 is 0. The number of alkyl halides is 6. The smallest absolute Gasteiger partial charge is 0.322 e. The fraction of sp³-hybridized carbons (Fsp3) is 0.458. The highest BCUT2D eigenvalue weighted by Gasteiger charge is 2.65. The first-order chi connectivity index (χ1) is 16.8. The van der Waals surface area contributed by atoms with Crippen LogP contribution < -0.4 is 4.72 Å². The Kier molecular flexibility index (Phi) is 5.90. The molecule has 3 aromatic rings. The average molecular weight is 532 g/mol. The third-order valence-corrected chi connectivity index (χ3v) is 8.58. The molecule has 0 saturated heterocycles. The van der Waals surface area contributed by atoms with E-state index in [0.29, 0.717) is 22.3 Å². The summed E-state index contributed by atoms with van der Waals surface area (Å²) in [7, 11) is -4.43. The first-order valence-electron chi connectivity index (χ1n) is 11.6. The lowest BCUT2D eigenvalue weighted by molar-refractivity contribution is -0.160. The monoisotopic (exact) mass is 531 g/mol. The van der Waals surface area contributed by atoms with Crippen LogP contribution >= 0.6 is 0 Å². The minimum absolute atomic E-state index is 0.0158. The number of pyridine rings is 1. The Morgan fingerprint density at radius 3 is 2.14 bits per heavy atom. The summed E-state index contributed by atoms with van der Waals surface area (Å²) < 4.78 is 109. The lowest BCUT2D eigenvalue weighted by Gasteiger charge is -2.26. The van der Waals surface area contributed by atoms with Gasteiger partial charge in [0.25, 0.3) is 0 Å². The summed E-state index contributed by atoms with van der Waals surface area (Å²) in [5.41, 5.74) is -1.78. The molecule has 36 heavy (non-hydrogen) atoms. The van der Waals surface area contributed by atoms with E-state index in [-0.39, 0.29) is 23.8 Å². The Balaban J connectivity index is 1.53. The van der Waals surface area contributed by atoms with Crippen LogP contribution in [-0.2, 0) is 16.2 Å². The SMILES string of the molecule is O=S(=O)(NC1(C(F)(F)F)CC1)c1ccc(-c2cc3cc(C(F)(F)F)cnc3n2C2CCCCC2)cc1. The molecule has 0 unspecified atom stereocenters. The molecule has 0 spiro atoms. The Morgan fingerprint density at radius 1 is 0.944 bits per heavy atom. The van der Waals surface area contributed by atoms with Crippen molar-refractivity contribution in [2.45, 2.75) is 73.8 Å². The van der Waals surface area contributed by atoms with Crippen molar-refractivity contribution in [2.24, 2.45) is 0 Å². The van der Waals surface area contributed by atoms with Crippen LogP contribution in [0.3, 0.4) is 0 Å². The molecule has 2 heterocycles. The van der Waals surface area contributed by atoms with Crippen LogP contribution in [0.15, 0.2) is 47.5 Å². The molecule has 0 amide bonds. The molecular weight excluding hydrogens is 508 g/mol. The standard InChI is InChI=1S/C24H23F6N3O2S/c25-23(26,27)17-12-16-13-20(33(21(16)31-14-17)18-4-2-1-3-5-18)15-6-8-19(9-7-15)36(34,35)32-22(10-11-22)24(28,29)30/h6-9,12-14,18,32H,1-5,10-11H2. The van der Waals surface area contributed by atoms with Crippen LogP contribution in [-0.4, -0.2) is 29.7 Å². The third-order valence-electron chi connectivity index (χ3n) is 7.02. The fourth-order valence-electron chi connectivity index (χ4n) is 4.89. The Bertz CT molecular complexity index is 1380. The van der Waals surface area contributed by atoms with Gasteiger partial charge in [-0.25, -0.2) is 13.4 Å². The number of halogens is 6. The van der Waals surface area contributed by atoms with Crippen molar-refractivity contribution >= 4 is 21.1 Å². The Morgan fingerprint density at radius 2 is 1.58 bits per heavy atom. The zero-order valence-corrected chi connectivity index (χ0v) is 19.8. The van der Waals surface area contributed by atoms with Gasteiger partial charge < -0.3 is 4.57 Å². The van der Waals surface area contributed by atoms with Crippen molar-refractivity contribution in [3.05, 3.63) is 48.2 Å². The second kappa shape index (κ2) is 8.47. The third kappa shape index (κ3) is 4.49. The second-order valence-electron chi connectivity index (χ2n) is 9.54. The lowest BCUT2D eigenvalue weighted by atomic mass is 9.95. The van der Waals surface area contributed by atoms with E-state index in [1.165, 1.54) is 24.3 Å². The van der Waals surface area contributed by atoms with E-state index in [2.05, 4.69) is 4.98 Å². The van der Waals surface area contributed by atoms with Gasteiger partial charge in [-0.15, -0.1) is 0 Å². The molecular formula is C24H23F6N3O2S. The topological polar surface area (TPSA) is 64.0 Å². The van der Waals surface area contributed by atoms with E-state index >= 15 is 0 Å². The van der Waals surface area contributed by atoms with Gasteiger partial charge in [0.1, 0.15) is 11.2 Å². The number of rotatable bonds is 5. The van der Waals surface area contributed by atoms with E-state index in [4.69, 9.17) is 0 Å². The number of hydrogen-bond donors (Lipinski definition) is 1. The van der Waals surface area contributed by atoms with Crippen molar-refractivity contribution in [1.29, 1.82) is 0 Å². The van der Waals surface area contributed by atoms with Gasteiger partial charge in [0.15, 0.2) is 0 Å². The van der Waals surface area contributed by atoms with Gasteiger partial charge in [0, 0.05) is 17.6 Å². The van der Waals surface area contributed by atoms with Crippen molar-refractivity contribution in [2.75, 3.05) is 0 Å². The zero-order valence-electron chi connectivity index (χ0n) is 19.0. The summed E-state index contributed by atoms with van der Waals surface area (Å²) in [4.78, 5) is 3.81. The maximum absolute atomic E-state index is 13.3. The molecule has 0 aliphatic heterocycles. The number of aromatic nitrogens is 2. The normalized spacial score (nSPS) is 19.1. The highest BCUT2D eigenvalue weighted by Crippen LogP contribution is 2.49. The first kappa shape index (κ1) is 25.1. The predicted molar refractivity (Wildman–Crippen MR) is 121 cm³/mol. The summed E-state index contributed by atoms with van der Waals surface area (Å²) in [5.74, 6) is 0. The molecule has 2 saturated carbocycles. The summed E-state index contributed by atoms with van der Waals surface area (Å²) in [6.07, 6.45) is -4.41. The van der Waals surface area contributed by atoms with E-state index in [0.717, 1.165) is 44.4 Å². The van der Waals surface area contributed by atoms with E-state index in [1.54, 1.807) is 10.8 Å². The number of nitrogens with one attached hydrogen (secondary N) is 1. The summed E-state index contributed by atoms with van der Waals surface area (Å²) in [5, 5.41) is 0.310. The zero-order chi connectivity index (χ0) is 25.9. The van der Waals surface area contributed by atoms with E-state index < -0.39 is 33.5 Å². The van der Waals surface area contributed by atoms with Crippen LogP contribution in [0.2, 0.25) is 0 Å². The fourth-order valence-corrected chi connectivity index (χ4v) is 6.34. The minimum atomic E-state index is -4.69. The van der Waals surface area contributed by atoms with Gasteiger partial charge in [0.2, 0.25) is 10.0 Å². The molecule has 194 valence electrons. The highest BCUT2D eigenvalue weighted by molar-refractivity contribution is 7.89. The number of nitrogens with zero attached hydrogens (tertiary/aromatic N) is 2. The number of fused-ring (bicyclic) bond motifs is 1. The molecule has 5 rings (SSSR count). The number of hydrogen-bond acceptors (Lipinski definition) is 3. The molecule has 0 atom stereocenters. The van der Waals surface area contributed by atoms with Crippen molar-refractivity contribution in [3.8, 4) is 11.3 Å². The van der Waals surface area contributed by atoms with Gasteiger partial charge in [-0.3, -0.25) is 0 Å². The van der Waals surface area contributed by atoms with Gasteiger partial charge in [-0.1, -0.05) is 31.4 Å². The van der Waals surface area contributed by atoms with Crippen LogP contribution in [0.5, 0.6) is 0 Å². The van der Waals surface area contributed by atoms with Crippen LogP contribution in [0.1, 0.15) is 56.6 Å². The minimum Gasteiger partial charge on any atom is -0.322 e. The van der Waals surface area contributed by atoms with Crippen LogP contribution in [0, 0.1) is 0 Å². The van der Waals surface area contributed by atoms with Crippen molar-refractivity contribution < 1.29 is 34.8 Å². The first-order valence-corrected chi connectivity index (χ1v) is 13.1. The molecule has 2 aromatic heterocycles. The number of benzene rings is 1. The van der Waals surface area contributed by atoms with E-state index in [1.807, 2.05) is 4.57 Å².